The Morgan fingerprint density at radius 3 is 1.05 bits per heavy atom. The number of likely N-dealkylation sites (N-methyl/N-ethyl adjacent to an activating group) is 1. The number of hydrogen-bond acceptors (Lipinski definition) is 6. The first-order chi connectivity index (χ1) is 37.5. The molecule has 0 rings (SSSR count). The van der Waals surface area contributed by atoms with E-state index in [2.05, 4.69) is 43.5 Å². The van der Waals surface area contributed by atoms with E-state index in [1.807, 2.05) is 27.2 Å². The lowest BCUT2D eigenvalue weighted by Gasteiger charge is -2.29. The smallest absolute Gasteiger partial charge is 0.268 e. The van der Waals surface area contributed by atoms with Gasteiger partial charge in [-0.15, -0.1) is 0 Å². The van der Waals surface area contributed by atoms with Crippen LogP contribution in [0.15, 0.2) is 36.5 Å². The Morgan fingerprint density at radius 1 is 0.442 bits per heavy atom. The summed E-state index contributed by atoms with van der Waals surface area (Å²) >= 11 is 0. The number of amides is 1. The zero-order valence-corrected chi connectivity index (χ0v) is 53.1. The molecule has 1 amide bonds. The molecule has 0 aliphatic rings. The van der Waals surface area contributed by atoms with Crippen molar-refractivity contribution in [2.75, 3.05) is 40.9 Å². The molecule has 0 bridgehead atoms. The molecule has 9 heteroatoms. The number of carbonyl (C=O) groups is 1. The van der Waals surface area contributed by atoms with Crippen molar-refractivity contribution in [3.05, 3.63) is 36.5 Å². The Kier molecular flexibility index (Phi) is 58.4. The summed E-state index contributed by atoms with van der Waals surface area (Å²) in [6.07, 6.45) is 78.5. The predicted octanol–water partition coefficient (Wildman–Crippen LogP) is 20.6. The molecule has 0 aliphatic heterocycles. The minimum Gasteiger partial charge on any atom is -0.756 e. The van der Waals surface area contributed by atoms with E-state index in [-0.39, 0.29) is 12.5 Å². The van der Waals surface area contributed by atoms with Crippen LogP contribution in [-0.2, 0) is 18.4 Å². The van der Waals surface area contributed by atoms with Crippen LogP contribution in [0.25, 0.3) is 0 Å². The fraction of sp³-hybridized carbons (Fsp3) is 0.897. The zero-order chi connectivity index (χ0) is 56.3. The quantitative estimate of drug-likeness (QED) is 0.0272. The highest BCUT2D eigenvalue weighted by Crippen LogP contribution is 2.38. The minimum atomic E-state index is -4.61. The fourth-order valence-electron chi connectivity index (χ4n) is 10.3. The summed E-state index contributed by atoms with van der Waals surface area (Å²) in [5.41, 5.74) is 0. The van der Waals surface area contributed by atoms with Crippen molar-refractivity contribution in [3.63, 3.8) is 0 Å². The van der Waals surface area contributed by atoms with Crippen molar-refractivity contribution >= 4 is 13.7 Å². The lowest BCUT2D eigenvalue weighted by molar-refractivity contribution is -0.870. The Labute approximate surface area is 480 Å². The minimum absolute atomic E-state index is 0.00723. The molecule has 2 N–H and O–H groups in total. The molecule has 3 unspecified atom stereocenters. The van der Waals surface area contributed by atoms with E-state index in [9.17, 15) is 19.4 Å². The predicted molar refractivity (Wildman–Crippen MR) is 335 cm³/mol. The molecular weight excluding hydrogens is 972 g/mol. The van der Waals surface area contributed by atoms with Gasteiger partial charge in [-0.1, -0.05) is 326 Å². The molecule has 0 heterocycles. The molecule has 77 heavy (non-hydrogen) atoms. The van der Waals surface area contributed by atoms with Gasteiger partial charge >= 0.3 is 0 Å². The number of hydrogen-bond donors (Lipinski definition) is 2. The number of unbranched alkanes of at least 4 members (excludes halogenated alkanes) is 46. The highest BCUT2D eigenvalue weighted by atomic mass is 31.2. The second-order valence-electron chi connectivity index (χ2n) is 24.5. The Hall–Kier alpha value is -1.28. The monoisotopic (exact) mass is 1100 g/mol. The summed E-state index contributed by atoms with van der Waals surface area (Å²) in [5.74, 6) is -0.204. The Bertz CT molecular complexity index is 1350. The summed E-state index contributed by atoms with van der Waals surface area (Å²) in [6, 6.07) is -0.909. The summed E-state index contributed by atoms with van der Waals surface area (Å²) in [4.78, 5) is 25.6. The summed E-state index contributed by atoms with van der Waals surface area (Å²) < 4.78 is 23.4. The molecule has 0 saturated heterocycles. The van der Waals surface area contributed by atoms with Gasteiger partial charge in [-0.25, -0.2) is 0 Å². The molecule has 0 aliphatic carbocycles. The second kappa shape index (κ2) is 59.3. The molecule has 3 atom stereocenters. The van der Waals surface area contributed by atoms with Crippen molar-refractivity contribution in [1.29, 1.82) is 0 Å². The Morgan fingerprint density at radius 2 is 0.727 bits per heavy atom. The van der Waals surface area contributed by atoms with Gasteiger partial charge in [-0.05, 0) is 44.9 Å². The molecule has 8 nitrogen and oxygen atoms in total. The number of phosphoric acid groups is 1. The SMILES string of the molecule is CCCCCCCCCCCC/C=C/CC/C=C/CC/C=C/C(O)C(COP(=O)([O-])OCC[N+](C)(C)C)NC(=O)CCCCCCCCCCCCCCCCCCCCCCCCCCCCCCCCCCCCC. The molecule has 0 spiro atoms. The number of quaternary nitrogens is 1. The third-order valence-corrected chi connectivity index (χ3v) is 16.5. The van der Waals surface area contributed by atoms with E-state index in [0.29, 0.717) is 17.4 Å². The maximum Gasteiger partial charge on any atom is 0.268 e. The van der Waals surface area contributed by atoms with Gasteiger partial charge in [0, 0.05) is 6.42 Å². The highest BCUT2D eigenvalue weighted by Gasteiger charge is 2.23. The van der Waals surface area contributed by atoms with E-state index < -0.39 is 26.6 Å². The average molecular weight is 1110 g/mol. The lowest BCUT2D eigenvalue weighted by Crippen LogP contribution is -2.45. The maximum atomic E-state index is 13.0. The van der Waals surface area contributed by atoms with E-state index in [0.717, 1.165) is 44.9 Å². The van der Waals surface area contributed by atoms with Gasteiger partial charge in [0.1, 0.15) is 13.2 Å². The van der Waals surface area contributed by atoms with Gasteiger partial charge in [0.15, 0.2) is 0 Å². The van der Waals surface area contributed by atoms with Crippen molar-refractivity contribution in [1.82, 2.24) is 5.32 Å². The topological polar surface area (TPSA) is 108 Å². The summed E-state index contributed by atoms with van der Waals surface area (Å²) in [7, 11) is 1.25. The van der Waals surface area contributed by atoms with Crippen molar-refractivity contribution < 1.29 is 32.9 Å². The first kappa shape index (κ1) is 75.7. The van der Waals surface area contributed by atoms with Crippen LogP contribution in [0.5, 0.6) is 0 Å². The summed E-state index contributed by atoms with van der Waals surface area (Å²) in [6.45, 7) is 4.67. The van der Waals surface area contributed by atoms with Crippen LogP contribution in [0, 0.1) is 0 Å². The molecule has 0 saturated carbocycles. The zero-order valence-electron chi connectivity index (χ0n) is 52.2. The van der Waals surface area contributed by atoms with E-state index >= 15 is 0 Å². The van der Waals surface area contributed by atoms with Crippen LogP contribution >= 0.6 is 7.82 Å². The fourth-order valence-corrected chi connectivity index (χ4v) is 11.0. The van der Waals surface area contributed by atoms with Crippen molar-refractivity contribution in [3.8, 4) is 0 Å². The normalized spacial score (nSPS) is 13.9. The van der Waals surface area contributed by atoms with Crippen LogP contribution in [0.2, 0.25) is 0 Å². The van der Waals surface area contributed by atoms with Gasteiger partial charge in [0.2, 0.25) is 5.91 Å². The molecule has 0 fully saturated rings. The van der Waals surface area contributed by atoms with Crippen molar-refractivity contribution in [2.24, 2.45) is 0 Å². The first-order valence-electron chi connectivity index (χ1n) is 33.9. The number of rotatable bonds is 63. The number of carbonyl (C=O) groups excluding carboxylic acids is 1. The number of phosphoric ester groups is 1. The number of nitrogens with zero attached hydrogens (tertiary/aromatic N) is 1. The second-order valence-corrected chi connectivity index (χ2v) is 25.9. The number of allylic oxidation sites excluding steroid dienone is 5. The Balaban J connectivity index is 4.02. The van der Waals surface area contributed by atoms with Gasteiger partial charge in [-0.2, -0.15) is 0 Å². The molecule has 0 radical (unpaired) electrons. The first-order valence-corrected chi connectivity index (χ1v) is 35.3. The number of aliphatic hydroxyl groups excluding tert-OH is 1. The van der Waals surface area contributed by atoms with Gasteiger partial charge in [0.25, 0.3) is 7.82 Å². The largest absolute Gasteiger partial charge is 0.756 e. The third kappa shape index (κ3) is 62.2. The number of aliphatic hydroxyl groups is 1. The maximum absolute atomic E-state index is 13.0. The van der Waals surface area contributed by atoms with Crippen LogP contribution in [0.3, 0.4) is 0 Å². The molecule has 0 aromatic heterocycles. The van der Waals surface area contributed by atoms with Crippen LogP contribution in [-0.4, -0.2) is 68.5 Å². The van der Waals surface area contributed by atoms with Gasteiger partial charge in [0.05, 0.1) is 39.9 Å². The standard InChI is InChI=1S/C68H133N2O6P/c1-6-8-10-12-14-16-18-20-22-24-26-28-29-30-31-32-33-34-35-36-37-38-39-40-41-42-44-46-48-50-52-54-56-58-60-62-68(72)69-66(65-76-77(73,74)75-64-63-70(3,4)5)67(71)61-59-57-55-53-51-49-47-45-43-27-25-23-21-19-17-15-13-11-9-7-2/h43,45,51,53,59,61,66-67,71H,6-42,44,46-50,52,54-58,60,62-65H2,1-5H3,(H-,69,72,73,74)/b45-43+,53-51+,61-59+. The lowest BCUT2D eigenvalue weighted by atomic mass is 10.0. The van der Waals surface area contributed by atoms with E-state index in [1.165, 1.54) is 276 Å². The molecule has 0 aromatic carbocycles. The number of nitrogens with one attached hydrogen (secondary N) is 1. The van der Waals surface area contributed by atoms with Gasteiger partial charge < -0.3 is 28.8 Å². The van der Waals surface area contributed by atoms with Crippen LogP contribution in [0.1, 0.15) is 341 Å². The summed E-state index contributed by atoms with van der Waals surface area (Å²) in [5, 5.41) is 13.9. The highest BCUT2D eigenvalue weighted by molar-refractivity contribution is 7.45. The van der Waals surface area contributed by atoms with E-state index in [1.54, 1.807) is 6.08 Å². The molecular formula is C68H133N2O6P. The molecule has 456 valence electrons. The third-order valence-electron chi connectivity index (χ3n) is 15.6. The molecule has 0 aromatic rings. The van der Waals surface area contributed by atoms with Crippen LogP contribution in [0.4, 0.5) is 0 Å². The van der Waals surface area contributed by atoms with Crippen molar-refractivity contribution in [2.45, 2.75) is 353 Å². The van der Waals surface area contributed by atoms with Gasteiger partial charge in [-0.3, -0.25) is 9.36 Å². The average Bonchev–Trinajstić information content (AvgIpc) is 3.39. The van der Waals surface area contributed by atoms with E-state index in [4.69, 9.17) is 9.05 Å². The van der Waals surface area contributed by atoms with Crippen LogP contribution < -0.4 is 10.2 Å².